The molecule has 144 valence electrons. The third kappa shape index (κ3) is 3.67. The van der Waals surface area contributed by atoms with E-state index in [1.165, 1.54) is 4.90 Å². The molecule has 7 nitrogen and oxygen atoms in total. The van der Waals surface area contributed by atoms with Gasteiger partial charge in [-0.1, -0.05) is 48.5 Å². The van der Waals surface area contributed by atoms with Gasteiger partial charge in [0.1, 0.15) is 0 Å². The van der Waals surface area contributed by atoms with E-state index >= 15 is 0 Å². The zero-order valence-electron chi connectivity index (χ0n) is 15.6. The second-order valence-corrected chi connectivity index (χ2v) is 6.87. The van der Waals surface area contributed by atoms with Crippen molar-refractivity contribution in [1.29, 1.82) is 0 Å². The summed E-state index contributed by atoms with van der Waals surface area (Å²) in [5.74, 6) is 0.789. The normalized spacial score (nSPS) is 20.1. The molecule has 4 rings (SSSR count). The highest BCUT2D eigenvalue weighted by Gasteiger charge is 2.42. The fraction of sp³-hybridized carbons (Fsp3) is 0.286. The van der Waals surface area contributed by atoms with Crippen LogP contribution in [0.2, 0.25) is 0 Å². The smallest absolute Gasteiger partial charge is 0.247 e. The summed E-state index contributed by atoms with van der Waals surface area (Å²) in [6, 6.07) is 18.9. The first-order valence-corrected chi connectivity index (χ1v) is 9.25. The molecule has 1 saturated heterocycles. The molecule has 0 spiro atoms. The Kier molecular flexibility index (Phi) is 5.18. The zero-order valence-corrected chi connectivity index (χ0v) is 15.6. The molecule has 2 atom stereocenters. The number of carbonyl (C=O) groups excluding carboxylic acids is 1. The lowest BCUT2D eigenvalue weighted by Gasteiger charge is -2.22. The van der Waals surface area contributed by atoms with E-state index in [4.69, 9.17) is 4.42 Å². The van der Waals surface area contributed by atoms with Crippen LogP contribution in [0, 0.1) is 0 Å². The number of nitrogens with zero attached hydrogens (tertiary/aromatic N) is 4. The number of amides is 1. The molecule has 0 bridgehead atoms. The highest BCUT2D eigenvalue weighted by atomic mass is 16.4. The Morgan fingerprint density at radius 1 is 1.04 bits per heavy atom. The molecule has 28 heavy (non-hydrogen) atoms. The summed E-state index contributed by atoms with van der Waals surface area (Å²) in [5, 5.41) is 18.6. The lowest BCUT2D eigenvalue weighted by molar-refractivity contribution is -0.134. The largest absolute Gasteiger partial charge is 0.421 e. The van der Waals surface area contributed by atoms with Crippen LogP contribution in [-0.2, 0) is 17.6 Å². The second-order valence-electron chi connectivity index (χ2n) is 6.87. The molecule has 1 fully saturated rings. The average molecular weight is 378 g/mol. The molecular weight excluding hydrogens is 356 g/mol. The van der Waals surface area contributed by atoms with Gasteiger partial charge in [0.05, 0.1) is 6.04 Å². The molecule has 7 heteroatoms. The van der Waals surface area contributed by atoms with Crippen LogP contribution in [0.15, 0.2) is 65.1 Å². The fourth-order valence-corrected chi connectivity index (χ4v) is 3.42. The van der Waals surface area contributed by atoms with Crippen molar-refractivity contribution in [3.63, 3.8) is 0 Å². The number of benzene rings is 2. The van der Waals surface area contributed by atoms with E-state index in [0.717, 1.165) is 11.1 Å². The van der Waals surface area contributed by atoms with Gasteiger partial charge in [-0.2, -0.15) is 0 Å². The van der Waals surface area contributed by atoms with Crippen molar-refractivity contribution in [2.24, 2.45) is 0 Å². The van der Waals surface area contributed by atoms with Gasteiger partial charge in [0.15, 0.2) is 6.35 Å². The highest BCUT2D eigenvalue weighted by Crippen LogP contribution is 2.23. The molecule has 1 aromatic heterocycles. The van der Waals surface area contributed by atoms with Crippen molar-refractivity contribution in [2.45, 2.75) is 25.2 Å². The quantitative estimate of drug-likeness (QED) is 0.706. The van der Waals surface area contributed by atoms with E-state index < -0.39 is 6.35 Å². The first kappa shape index (κ1) is 18.3. The molecule has 1 amide bonds. The molecule has 2 unspecified atom stereocenters. The van der Waals surface area contributed by atoms with Crippen LogP contribution < -0.4 is 0 Å². The molecule has 2 heterocycles. The van der Waals surface area contributed by atoms with Gasteiger partial charge >= 0.3 is 0 Å². The predicted molar refractivity (Wildman–Crippen MR) is 103 cm³/mol. The maximum Gasteiger partial charge on any atom is 0.247 e. The number of likely N-dealkylation sites (N-methyl/N-ethyl adjacent to an activating group) is 1. The van der Waals surface area contributed by atoms with E-state index in [0.29, 0.717) is 31.2 Å². The Morgan fingerprint density at radius 2 is 1.71 bits per heavy atom. The standard InChI is InChI=1S/C21H22N4O3/c1-24-17(14-15-8-4-2-5-9-15)20(26)25(21(24)27)13-12-18-22-23-19(28-18)16-10-6-3-7-11-16/h2-11,17,21,27H,12-14H2,1H3. The number of aliphatic hydroxyl groups excluding tert-OH is 1. The van der Waals surface area contributed by atoms with E-state index in [1.807, 2.05) is 60.7 Å². The summed E-state index contributed by atoms with van der Waals surface area (Å²) in [5.41, 5.74) is 1.91. The number of aromatic nitrogens is 2. The number of hydrogen-bond acceptors (Lipinski definition) is 6. The van der Waals surface area contributed by atoms with Crippen molar-refractivity contribution in [3.05, 3.63) is 72.1 Å². The van der Waals surface area contributed by atoms with Gasteiger partial charge in [0, 0.05) is 18.5 Å². The van der Waals surface area contributed by atoms with Crippen LogP contribution in [-0.4, -0.2) is 57.0 Å². The lowest BCUT2D eigenvalue weighted by Crippen LogP contribution is -2.39. The van der Waals surface area contributed by atoms with Crippen molar-refractivity contribution >= 4 is 5.91 Å². The summed E-state index contributed by atoms with van der Waals surface area (Å²) in [4.78, 5) is 16.0. The van der Waals surface area contributed by atoms with E-state index in [2.05, 4.69) is 10.2 Å². The van der Waals surface area contributed by atoms with Gasteiger partial charge in [-0.05, 0) is 31.2 Å². The van der Waals surface area contributed by atoms with Gasteiger partial charge in [-0.15, -0.1) is 10.2 Å². The minimum absolute atomic E-state index is 0.0957. The summed E-state index contributed by atoms with van der Waals surface area (Å²) >= 11 is 0. The summed E-state index contributed by atoms with van der Waals surface area (Å²) in [6.45, 7) is 0.312. The Labute approximate surface area is 163 Å². The maximum absolute atomic E-state index is 12.8. The minimum Gasteiger partial charge on any atom is -0.421 e. The van der Waals surface area contributed by atoms with Gasteiger partial charge in [-0.3, -0.25) is 9.69 Å². The fourth-order valence-electron chi connectivity index (χ4n) is 3.42. The average Bonchev–Trinajstić information content (AvgIpc) is 3.28. The van der Waals surface area contributed by atoms with Gasteiger partial charge in [0.25, 0.3) is 0 Å². The molecule has 1 aliphatic heterocycles. The molecule has 0 saturated carbocycles. The predicted octanol–water partition coefficient (Wildman–Crippen LogP) is 1.94. The molecule has 2 aromatic carbocycles. The molecule has 0 aliphatic carbocycles. The van der Waals surface area contributed by atoms with Gasteiger partial charge in [0.2, 0.25) is 17.7 Å². The first-order chi connectivity index (χ1) is 13.6. The van der Waals surface area contributed by atoms with E-state index in [9.17, 15) is 9.90 Å². The third-order valence-corrected chi connectivity index (χ3v) is 5.03. The summed E-state index contributed by atoms with van der Waals surface area (Å²) in [7, 11) is 1.76. The number of rotatable bonds is 6. The summed E-state index contributed by atoms with van der Waals surface area (Å²) in [6.07, 6.45) is -0.0190. The molecule has 3 aromatic rings. The van der Waals surface area contributed by atoms with Gasteiger partial charge in [-0.25, -0.2) is 0 Å². The first-order valence-electron chi connectivity index (χ1n) is 9.25. The van der Waals surface area contributed by atoms with E-state index in [-0.39, 0.29) is 11.9 Å². The van der Waals surface area contributed by atoms with Crippen molar-refractivity contribution in [3.8, 4) is 11.5 Å². The van der Waals surface area contributed by atoms with Crippen LogP contribution in [0.3, 0.4) is 0 Å². The minimum atomic E-state index is -0.960. The highest BCUT2D eigenvalue weighted by molar-refractivity contribution is 5.84. The lowest BCUT2D eigenvalue weighted by atomic mass is 10.1. The Hall–Kier alpha value is -3.03. The SMILES string of the molecule is CN1C(Cc2ccccc2)C(=O)N(CCc2nnc(-c3ccccc3)o2)C1O. The van der Waals surface area contributed by atoms with Crippen molar-refractivity contribution < 1.29 is 14.3 Å². The molecule has 1 N–H and O–H groups in total. The number of aliphatic hydroxyl groups is 1. The van der Waals surface area contributed by atoms with Crippen molar-refractivity contribution in [2.75, 3.05) is 13.6 Å². The van der Waals surface area contributed by atoms with Crippen LogP contribution >= 0.6 is 0 Å². The van der Waals surface area contributed by atoms with Crippen LogP contribution in [0.5, 0.6) is 0 Å². The maximum atomic E-state index is 12.8. The second kappa shape index (κ2) is 7.92. The molecular formula is C21H22N4O3. The zero-order chi connectivity index (χ0) is 19.5. The van der Waals surface area contributed by atoms with Gasteiger partial charge < -0.3 is 14.4 Å². The molecule has 1 aliphatic rings. The van der Waals surface area contributed by atoms with Crippen LogP contribution in [0.25, 0.3) is 11.5 Å². The van der Waals surface area contributed by atoms with Crippen LogP contribution in [0.4, 0.5) is 0 Å². The van der Waals surface area contributed by atoms with Crippen LogP contribution in [0.1, 0.15) is 11.5 Å². The summed E-state index contributed by atoms with van der Waals surface area (Å²) < 4.78 is 5.69. The number of carbonyl (C=O) groups is 1. The van der Waals surface area contributed by atoms with E-state index in [1.54, 1.807) is 11.9 Å². The topological polar surface area (TPSA) is 82.7 Å². The monoisotopic (exact) mass is 378 g/mol. The third-order valence-electron chi connectivity index (χ3n) is 5.03. The Bertz CT molecular complexity index is 929. The van der Waals surface area contributed by atoms with Crippen molar-refractivity contribution in [1.82, 2.24) is 20.0 Å². The number of hydrogen-bond donors (Lipinski definition) is 1. The Morgan fingerprint density at radius 3 is 2.43 bits per heavy atom. The Balaban J connectivity index is 1.41. The molecule has 0 radical (unpaired) electrons.